The van der Waals surface area contributed by atoms with Crippen molar-refractivity contribution in [2.75, 3.05) is 12.4 Å². The fourth-order valence-corrected chi connectivity index (χ4v) is 7.03. The number of ether oxygens (including phenoxy) is 1. The van der Waals surface area contributed by atoms with Crippen LogP contribution < -0.4 is 0 Å². The molecule has 0 fully saturated rings. The highest BCUT2D eigenvalue weighted by Gasteiger charge is 2.22. The van der Waals surface area contributed by atoms with Gasteiger partial charge in [0.25, 0.3) is 0 Å². The molecule has 0 aromatic carbocycles. The van der Waals surface area contributed by atoms with Crippen molar-refractivity contribution < 1.29 is 4.74 Å². The van der Waals surface area contributed by atoms with Crippen LogP contribution in [0.4, 0.5) is 0 Å². The lowest BCUT2D eigenvalue weighted by molar-refractivity contribution is 0.100. The average molecular weight is 323 g/mol. The smallest absolute Gasteiger partial charge is 0.110 e. The molecule has 0 aliphatic carbocycles. The molecule has 0 spiro atoms. The van der Waals surface area contributed by atoms with Crippen molar-refractivity contribution in [3.63, 3.8) is 0 Å². The molecule has 1 nitrogen and oxygen atoms in total. The Morgan fingerprint density at radius 1 is 1.00 bits per heavy atom. The van der Waals surface area contributed by atoms with Gasteiger partial charge in [0.15, 0.2) is 0 Å². The van der Waals surface area contributed by atoms with E-state index in [9.17, 15) is 0 Å². The Kier molecular flexibility index (Phi) is 11.1. The summed E-state index contributed by atoms with van der Waals surface area (Å²) in [6, 6.07) is 1.27. The third-order valence-electron chi connectivity index (χ3n) is 2.58. The standard InChI is InChI=1S/C15H34OS2Si/c1-13(2)9-8-10-17-18-15(12-19(5,6)7)16-11-14(3)4/h13-15H,8-12H2,1-7H3. The summed E-state index contributed by atoms with van der Waals surface area (Å²) in [5.74, 6) is 2.73. The van der Waals surface area contributed by atoms with Crippen molar-refractivity contribution >= 4 is 29.7 Å². The maximum atomic E-state index is 6.08. The lowest BCUT2D eigenvalue weighted by Crippen LogP contribution is -2.27. The second-order valence-electron chi connectivity index (χ2n) is 7.38. The lowest BCUT2D eigenvalue weighted by atomic mass is 10.1. The normalized spacial score (nSPS) is 14.4. The molecule has 1 atom stereocenters. The first-order chi connectivity index (χ1) is 8.70. The van der Waals surface area contributed by atoms with Crippen LogP contribution in [0.1, 0.15) is 40.5 Å². The molecule has 0 aromatic heterocycles. The van der Waals surface area contributed by atoms with Gasteiger partial charge >= 0.3 is 0 Å². The van der Waals surface area contributed by atoms with Crippen LogP contribution in [-0.2, 0) is 4.74 Å². The second kappa shape index (κ2) is 10.6. The van der Waals surface area contributed by atoms with Gasteiger partial charge in [-0.15, -0.1) is 0 Å². The Morgan fingerprint density at radius 2 is 1.63 bits per heavy atom. The molecule has 0 heterocycles. The quantitative estimate of drug-likeness (QED) is 0.196. The van der Waals surface area contributed by atoms with E-state index in [1.165, 1.54) is 24.6 Å². The minimum Gasteiger partial charge on any atom is -0.367 e. The molecular formula is C15H34OS2Si. The zero-order valence-corrected chi connectivity index (χ0v) is 16.6. The Bertz CT molecular complexity index is 215. The van der Waals surface area contributed by atoms with Crippen LogP contribution >= 0.6 is 21.6 Å². The van der Waals surface area contributed by atoms with Gasteiger partial charge in [-0.3, -0.25) is 0 Å². The van der Waals surface area contributed by atoms with Crippen LogP contribution in [0.25, 0.3) is 0 Å². The van der Waals surface area contributed by atoms with Crippen molar-refractivity contribution in [1.29, 1.82) is 0 Å². The largest absolute Gasteiger partial charge is 0.367 e. The summed E-state index contributed by atoms with van der Waals surface area (Å²) in [4.78, 5) is 0. The summed E-state index contributed by atoms with van der Waals surface area (Å²) < 4.78 is 6.08. The molecule has 0 rings (SSSR count). The van der Waals surface area contributed by atoms with E-state index >= 15 is 0 Å². The Morgan fingerprint density at radius 3 is 2.11 bits per heavy atom. The van der Waals surface area contributed by atoms with Crippen LogP contribution in [0.5, 0.6) is 0 Å². The minimum absolute atomic E-state index is 0.401. The van der Waals surface area contributed by atoms with Gasteiger partial charge in [0.05, 0.1) is 6.61 Å². The van der Waals surface area contributed by atoms with E-state index in [0.717, 1.165) is 12.5 Å². The third kappa shape index (κ3) is 15.1. The van der Waals surface area contributed by atoms with Crippen molar-refractivity contribution in [2.24, 2.45) is 11.8 Å². The van der Waals surface area contributed by atoms with Crippen LogP contribution in [0.2, 0.25) is 25.7 Å². The van der Waals surface area contributed by atoms with E-state index in [-0.39, 0.29) is 0 Å². The molecule has 0 aromatic rings. The van der Waals surface area contributed by atoms with Crippen LogP contribution in [0.15, 0.2) is 0 Å². The maximum absolute atomic E-state index is 6.08. The van der Waals surface area contributed by atoms with Crippen molar-refractivity contribution in [3.8, 4) is 0 Å². The third-order valence-corrected chi connectivity index (χ3v) is 7.13. The molecule has 0 N–H and O–H groups in total. The van der Waals surface area contributed by atoms with Crippen molar-refractivity contribution in [1.82, 2.24) is 0 Å². The van der Waals surface area contributed by atoms with Crippen LogP contribution in [-0.4, -0.2) is 25.9 Å². The molecule has 0 radical (unpaired) electrons. The first kappa shape index (κ1) is 19.9. The average Bonchev–Trinajstić information content (AvgIpc) is 2.22. The lowest BCUT2D eigenvalue weighted by Gasteiger charge is -2.24. The van der Waals surface area contributed by atoms with Gasteiger partial charge in [0, 0.05) is 13.8 Å². The van der Waals surface area contributed by atoms with Gasteiger partial charge in [-0.1, -0.05) is 75.3 Å². The SMILES string of the molecule is CC(C)CCCSSC(C[Si](C)(C)C)OCC(C)C. The molecule has 0 saturated heterocycles. The van der Waals surface area contributed by atoms with E-state index in [2.05, 4.69) is 47.3 Å². The maximum Gasteiger partial charge on any atom is 0.110 e. The molecule has 0 bridgehead atoms. The van der Waals surface area contributed by atoms with E-state index < -0.39 is 8.07 Å². The summed E-state index contributed by atoms with van der Waals surface area (Å²) in [7, 11) is 2.94. The molecule has 4 heteroatoms. The molecule has 0 aliphatic heterocycles. The predicted molar refractivity (Wildman–Crippen MR) is 96.9 cm³/mol. The van der Waals surface area contributed by atoms with E-state index in [4.69, 9.17) is 4.74 Å². The molecule has 116 valence electrons. The molecule has 0 amide bonds. The summed E-state index contributed by atoms with van der Waals surface area (Å²) >= 11 is 0. The fourth-order valence-electron chi connectivity index (χ4n) is 1.60. The molecular weight excluding hydrogens is 288 g/mol. The van der Waals surface area contributed by atoms with Gasteiger partial charge in [-0.2, -0.15) is 0 Å². The van der Waals surface area contributed by atoms with Crippen LogP contribution in [0, 0.1) is 11.8 Å². The second-order valence-corrected chi connectivity index (χ2v) is 15.6. The first-order valence-corrected chi connectivity index (χ1v) is 13.7. The molecule has 0 aliphatic rings. The fraction of sp³-hybridized carbons (Fsp3) is 1.00. The van der Waals surface area contributed by atoms with E-state index in [0.29, 0.717) is 11.4 Å². The minimum atomic E-state index is -1.04. The Labute approximate surface area is 130 Å². The van der Waals surface area contributed by atoms with Crippen LogP contribution in [0.3, 0.4) is 0 Å². The van der Waals surface area contributed by atoms with E-state index in [1.54, 1.807) is 0 Å². The topological polar surface area (TPSA) is 9.23 Å². The number of hydrogen-bond acceptors (Lipinski definition) is 3. The summed E-state index contributed by atoms with van der Waals surface area (Å²) in [5.41, 5.74) is 0.401. The summed E-state index contributed by atoms with van der Waals surface area (Å²) in [6.45, 7) is 17.3. The Balaban J connectivity index is 3.91. The predicted octanol–water partition coefficient (Wildman–Crippen LogP) is 6.14. The molecule has 19 heavy (non-hydrogen) atoms. The first-order valence-electron chi connectivity index (χ1n) is 7.60. The highest BCUT2D eigenvalue weighted by molar-refractivity contribution is 8.76. The number of rotatable bonds is 11. The highest BCUT2D eigenvalue weighted by atomic mass is 33.1. The van der Waals surface area contributed by atoms with Gasteiger partial charge in [0.1, 0.15) is 5.44 Å². The monoisotopic (exact) mass is 322 g/mol. The summed E-state index contributed by atoms with van der Waals surface area (Å²) in [5, 5.41) is 0. The van der Waals surface area contributed by atoms with Gasteiger partial charge in [-0.25, -0.2) is 0 Å². The molecule has 1 unspecified atom stereocenters. The molecule has 0 saturated carbocycles. The van der Waals surface area contributed by atoms with Crippen molar-refractivity contribution in [3.05, 3.63) is 0 Å². The van der Waals surface area contributed by atoms with Gasteiger partial charge in [-0.05, 0) is 24.3 Å². The number of hydrogen-bond donors (Lipinski definition) is 0. The van der Waals surface area contributed by atoms with Gasteiger partial charge < -0.3 is 4.74 Å². The van der Waals surface area contributed by atoms with E-state index in [1.807, 2.05) is 21.6 Å². The van der Waals surface area contributed by atoms with Crippen molar-refractivity contribution in [2.45, 2.75) is 71.7 Å². The summed E-state index contributed by atoms with van der Waals surface area (Å²) in [6.07, 6.45) is 2.68. The van der Waals surface area contributed by atoms with Gasteiger partial charge in [0.2, 0.25) is 0 Å². The Hall–Kier alpha value is 0.877. The zero-order chi connectivity index (χ0) is 14.9. The highest BCUT2D eigenvalue weighted by Crippen LogP contribution is 2.34. The zero-order valence-electron chi connectivity index (χ0n) is 14.0.